The van der Waals surface area contributed by atoms with Gasteiger partial charge in [-0.1, -0.05) is 0 Å². The fourth-order valence-corrected chi connectivity index (χ4v) is 1.55. The molecule has 0 saturated carbocycles. The molecular formula is C13H18F3NO3. The molecular weight excluding hydrogens is 275 g/mol. The number of benzene rings is 1. The quantitative estimate of drug-likeness (QED) is 0.800. The number of ether oxygens (including phenoxy) is 3. The lowest BCUT2D eigenvalue weighted by Gasteiger charge is -2.15. The van der Waals surface area contributed by atoms with E-state index in [4.69, 9.17) is 15.2 Å². The Labute approximate surface area is 115 Å². The minimum absolute atomic E-state index is 0.0761. The van der Waals surface area contributed by atoms with Crippen molar-refractivity contribution in [2.75, 3.05) is 19.8 Å². The highest BCUT2D eigenvalue weighted by molar-refractivity contribution is 5.31. The molecule has 1 aromatic rings. The second-order valence-corrected chi connectivity index (χ2v) is 3.97. The van der Waals surface area contributed by atoms with Crippen LogP contribution >= 0.6 is 0 Å². The van der Waals surface area contributed by atoms with E-state index in [9.17, 15) is 13.2 Å². The number of rotatable bonds is 8. The molecule has 0 heterocycles. The van der Waals surface area contributed by atoms with E-state index in [-0.39, 0.29) is 11.9 Å². The Morgan fingerprint density at radius 2 is 1.75 bits per heavy atom. The molecule has 0 spiro atoms. The fourth-order valence-electron chi connectivity index (χ4n) is 1.55. The zero-order valence-electron chi connectivity index (χ0n) is 11.2. The zero-order chi connectivity index (χ0) is 15.0. The van der Waals surface area contributed by atoms with Gasteiger partial charge in [-0.2, -0.15) is 0 Å². The Bertz CT molecular complexity index is 381. The van der Waals surface area contributed by atoms with Crippen molar-refractivity contribution in [3.05, 3.63) is 24.3 Å². The molecule has 0 aliphatic rings. The summed E-state index contributed by atoms with van der Waals surface area (Å²) >= 11 is 0. The Kier molecular flexibility index (Phi) is 6.60. The molecule has 1 rings (SSSR count). The van der Waals surface area contributed by atoms with Crippen molar-refractivity contribution >= 4 is 0 Å². The summed E-state index contributed by atoms with van der Waals surface area (Å²) in [6.07, 6.45) is -4.15. The Balaban J connectivity index is 2.38. The van der Waals surface area contributed by atoms with Crippen LogP contribution in [0.5, 0.6) is 11.5 Å². The van der Waals surface area contributed by atoms with E-state index in [0.29, 0.717) is 31.9 Å². The summed E-state index contributed by atoms with van der Waals surface area (Å²) in [5, 5.41) is 0. The third-order valence-electron chi connectivity index (χ3n) is 2.43. The highest BCUT2D eigenvalue weighted by Gasteiger charge is 2.30. The first-order valence-electron chi connectivity index (χ1n) is 6.25. The Morgan fingerprint density at radius 1 is 1.15 bits per heavy atom. The van der Waals surface area contributed by atoms with E-state index in [2.05, 4.69) is 4.74 Å². The number of halogens is 3. The summed E-state index contributed by atoms with van der Waals surface area (Å²) in [7, 11) is 0. The van der Waals surface area contributed by atoms with Gasteiger partial charge >= 0.3 is 6.36 Å². The molecule has 0 aromatic heterocycles. The van der Waals surface area contributed by atoms with Crippen LogP contribution in [0.3, 0.4) is 0 Å². The highest BCUT2D eigenvalue weighted by atomic mass is 19.4. The summed E-state index contributed by atoms with van der Waals surface area (Å²) < 4.78 is 50.4. The Hall–Kier alpha value is -1.47. The maximum atomic E-state index is 12.0. The molecule has 7 heteroatoms. The van der Waals surface area contributed by atoms with Crippen LogP contribution in [-0.2, 0) is 4.74 Å². The molecule has 0 amide bonds. The van der Waals surface area contributed by atoms with Crippen molar-refractivity contribution in [1.29, 1.82) is 0 Å². The maximum absolute atomic E-state index is 12.0. The van der Waals surface area contributed by atoms with Gasteiger partial charge < -0.3 is 19.9 Å². The van der Waals surface area contributed by atoms with Gasteiger partial charge in [-0.3, -0.25) is 0 Å². The van der Waals surface area contributed by atoms with Crippen molar-refractivity contribution in [2.24, 2.45) is 5.73 Å². The van der Waals surface area contributed by atoms with E-state index in [1.165, 1.54) is 24.3 Å². The normalized spacial score (nSPS) is 13.1. The van der Waals surface area contributed by atoms with Crippen LogP contribution in [0.4, 0.5) is 13.2 Å². The maximum Gasteiger partial charge on any atom is 0.573 e. The van der Waals surface area contributed by atoms with Gasteiger partial charge in [0.25, 0.3) is 0 Å². The van der Waals surface area contributed by atoms with Crippen LogP contribution in [0.15, 0.2) is 24.3 Å². The average Bonchev–Trinajstić information content (AvgIpc) is 2.38. The van der Waals surface area contributed by atoms with E-state index in [1.54, 1.807) is 0 Å². The van der Waals surface area contributed by atoms with Crippen LogP contribution in [0.2, 0.25) is 0 Å². The SMILES string of the molecule is CCOC(CN)CCOc1ccc(OC(F)(F)F)cc1. The summed E-state index contributed by atoms with van der Waals surface area (Å²) in [6, 6.07) is 5.23. The lowest BCUT2D eigenvalue weighted by Crippen LogP contribution is -2.25. The summed E-state index contributed by atoms with van der Waals surface area (Å²) in [5.74, 6) is 0.186. The molecule has 0 fully saturated rings. The van der Waals surface area contributed by atoms with Crippen LogP contribution < -0.4 is 15.2 Å². The van der Waals surface area contributed by atoms with Crippen LogP contribution in [0.1, 0.15) is 13.3 Å². The Morgan fingerprint density at radius 3 is 2.25 bits per heavy atom. The van der Waals surface area contributed by atoms with E-state index < -0.39 is 6.36 Å². The van der Waals surface area contributed by atoms with Gasteiger partial charge in [0, 0.05) is 19.6 Å². The predicted octanol–water partition coefficient (Wildman–Crippen LogP) is 2.72. The molecule has 0 aliphatic carbocycles. The van der Waals surface area contributed by atoms with Crippen molar-refractivity contribution in [1.82, 2.24) is 0 Å². The summed E-state index contributed by atoms with van der Waals surface area (Å²) in [4.78, 5) is 0. The monoisotopic (exact) mass is 293 g/mol. The standard InChI is InChI=1S/C13H18F3NO3/c1-2-18-12(9-17)7-8-19-10-3-5-11(6-4-10)20-13(14,15)16/h3-6,12H,2,7-9,17H2,1H3. The fraction of sp³-hybridized carbons (Fsp3) is 0.538. The number of hydrogen-bond acceptors (Lipinski definition) is 4. The number of alkyl halides is 3. The van der Waals surface area contributed by atoms with Crippen LogP contribution in [-0.4, -0.2) is 32.2 Å². The minimum atomic E-state index is -4.69. The molecule has 20 heavy (non-hydrogen) atoms. The van der Waals surface area contributed by atoms with Crippen LogP contribution in [0, 0.1) is 0 Å². The van der Waals surface area contributed by atoms with Gasteiger partial charge in [-0.15, -0.1) is 13.2 Å². The van der Waals surface area contributed by atoms with Gasteiger partial charge in [0.2, 0.25) is 0 Å². The first kappa shape index (κ1) is 16.6. The molecule has 0 bridgehead atoms. The zero-order valence-corrected chi connectivity index (χ0v) is 11.2. The second kappa shape index (κ2) is 7.96. The predicted molar refractivity (Wildman–Crippen MR) is 67.7 cm³/mol. The number of nitrogens with two attached hydrogens (primary N) is 1. The van der Waals surface area contributed by atoms with Gasteiger partial charge in [0.15, 0.2) is 0 Å². The second-order valence-electron chi connectivity index (χ2n) is 3.97. The van der Waals surface area contributed by atoms with Gasteiger partial charge in [-0.25, -0.2) is 0 Å². The molecule has 1 atom stereocenters. The minimum Gasteiger partial charge on any atom is -0.493 e. The number of hydrogen-bond donors (Lipinski definition) is 1. The van der Waals surface area contributed by atoms with Gasteiger partial charge in [0.1, 0.15) is 11.5 Å². The lowest BCUT2D eigenvalue weighted by molar-refractivity contribution is -0.274. The van der Waals surface area contributed by atoms with Crippen molar-refractivity contribution in [2.45, 2.75) is 25.8 Å². The molecule has 0 radical (unpaired) electrons. The highest BCUT2D eigenvalue weighted by Crippen LogP contribution is 2.24. The van der Waals surface area contributed by atoms with E-state index >= 15 is 0 Å². The van der Waals surface area contributed by atoms with Crippen LogP contribution in [0.25, 0.3) is 0 Å². The van der Waals surface area contributed by atoms with Crippen molar-refractivity contribution < 1.29 is 27.4 Å². The summed E-state index contributed by atoms with van der Waals surface area (Å²) in [6.45, 7) is 3.23. The van der Waals surface area contributed by atoms with Gasteiger partial charge in [0.05, 0.1) is 12.7 Å². The third-order valence-corrected chi connectivity index (χ3v) is 2.43. The third kappa shape index (κ3) is 6.63. The summed E-state index contributed by atoms with van der Waals surface area (Å²) in [5.41, 5.74) is 5.51. The van der Waals surface area contributed by atoms with Crippen molar-refractivity contribution in [3.63, 3.8) is 0 Å². The molecule has 114 valence electrons. The first-order chi connectivity index (χ1) is 9.44. The smallest absolute Gasteiger partial charge is 0.493 e. The molecule has 4 nitrogen and oxygen atoms in total. The van der Waals surface area contributed by atoms with Gasteiger partial charge in [-0.05, 0) is 31.2 Å². The molecule has 1 unspecified atom stereocenters. The molecule has 1 aromatic carbocycles. The molecule has 0 saturated heterocycles. The molecule has 2 N–H and O–H groups in total. The largest absolute Gasteiger partial charge is 0.573 e. The molecule has 0 aliphatic heterocycles. The average molecular weight is 293 g/mol. The lowest BCUT2D eigenvalue weighted by atomic mass is 10.2. The van der Waals surface area contributed by atoms with E-state index in [0.717, 1.165) is 0 Å². The van der Waals surface area contributed by atoms with Crippen molar-refractivity contribution in [3.8, 4) is 11.5 Å². The first-order valence-corrected chi connectivity index (χ1v) is 6.25. The van der Waals surface area contributed by atoms with E-state index in [1.807, 2.05) is 6.92 Å². The topological polar surface area (TPSA) is 53.7 Å².